The van der Waals surface area contributed by atoms with E-state index in [0.29, 0.717) is 0 Å². The van der Waals surface area contributed by atoms with Crippen LogP contribution in [0.5, 0.6) is 0 Å². The fourth-order valence-corrected chi connectivity index (χ4v) is 3.02. The molecule has 3 unspecified atom stereocenters. The summed E-state index contributed by atoms with van der Waals surface area (Å²) in [6.45, 7) is 0.917. The molecule has 0 aliphatic carbocycles. The first-order valence-corrected chi connectivity index (χ1v) is 11.0. The van der Waals surface area contributed by atoms with E-state index in [9.17, 15) is 44.4 Å². The van der Waals surface area contributed by atoms with Crippen molar-refractivity contribution in [1.82, 2.24) is 16.0 Å². The number of amides is 2. The Hall–Kier alpha value is -2.26. The number of aliphatic hydroxyl groups is 3. The van der Waals surface area contributed by atoms with Crippen LogP contribution >= 0.6 is 11.8 Å². The van der Waals surface area contributed by atoms with Crippen molar-refractivity contribution in [3.63, 3.8) is 0 Å². The van der Waals surface area contributed by atoms with Crippen molar-refractivity contribution < 1.29 is 49.5 Å². The summed E-state index contributed by atoms with van der Waals surface area (Å²) in [5.74, 6) is -6.22. The standard InChI is InChI=1S/C18H31N3O10S/c1-8(19-2)11(22)4-9(16(27)21-10(7-32-3)17(28)29)5-13(24)20-6-12(23)14(25)15(26)18(30)31/h8-10,12,14-15,19,23,25-26H,4-7H2,1-3H3,(H,20,24)(H,21,27)(H,28,29)(H,30,31)/t8-,9-,10-,12?,14?,15?/m0/s1. The number of carbonyl (C=O) groups excluding carboxylic acids is 3. The average molecular weight is 482 g/mol. The maximum Gasteiger partial charge on any atom is 0.335 e. The average Bonchev–Trinajstić information content (AvgIpc) is 2.74. The van der Waals surface area contributed by atoms with E-state index in [1.54, 1.807) is 13.2 Å². The van der Waals surface area contributed by atoms with Gasteiger partial charge in [-0.2, -0.15) is 11.8 Å². The van der Waals surface area contributed by atoms with E-state index in [-0.39, 0.29) is 12.2 Å². The van der Waals surface area contributed by atoms with Crippen LogP contribution in [0.3, 0.4) is 0 Å². The van der Waals surface area contributed by atoms with Crippen LogP contribution < -0.4 is 16.0 Å². The Labute approximate surface area is 188 Å². The van der Waals surface area contributed by atoms with E-state index in [1.807, 2.05) is 0 Å². The topological polar surface area (TPSA) is 223 Å². The minimum Gasteiger partial charge on any atom is -0.480 e. The minimum atomic E-state index is -2.27. The zero-order chi connectivity index (χ0) is 25.0. The van der Waals surface area contributed by atoms with Crippen molar-refractivity contribution in [1.29, 1.82) is 0 Å². The highest BCUT2D eigenvalue weighted by Gasteiger charge is 2.32. The van der Waals surface area contributed by atoms with Crippen molar-refractivity contribution in [3.05, 3.63) is 0 Å². The smallest absolute Gasteiger partial charge is 0.335 e. The Kier molecular flexibility index (Phi) is 13.7. The number of ketones is 1. The number of aliphatic hydroxyl groups excluding tert-OH is 3. The minimum absolute atomic E-state index is 0.0663. The molecule has 2 amide bonds. The quantitative estimate of drug-likeness (QED) is 0.109. The van der Waals surface area contributed by atoms with Gasteiger partial charge in [0.2, 0.25) is 11.8 Å². The summed E-state index contributed by atoms with van der Waals surface area (Å²) >= 11 is 1.18. The van der Waals surface area contributed by atoms with E-state index in [4.69, 9.17) is 5.11 Å². The number of thioether (sulfide) groups is 1. The van der Waals surface area contributed by atoms with Crippen molar-refractivity contribution in [2.24, 2.45) is 5.92 Å². The summed E-state index contributed by atoms with van der Waals surface area (Å²) in [4.78, 5) is 59.0. The summed E-state index contributed by atoms with van der Waals surface area (Å²) in [5.41, 5.74) is 0. The number of carbonyl (C=O) groups is 5. The maximum absolute atomic E-state index is 12.6. The van der Waals surface area contributed by atoms with Crippen LogP contribution in [0.1, 0.15) is 19.8 Å². The van der Waals surface area contributed by atoms with E-state index in [2.05, 4.69) is 16.0 Å². The lowest BCUT2D eigenvalue weighted by Crippen LogP contribution is -2.49. The normalized spacial score (nSPS) is 16.7. The number of aliphatic carboxylic acids is 2. The number of nitrogens with one attached hydrogen (secondary N) is 3. The SMILES string of the molecule is CN[C@@H](C)C(=O)C[C@@H](CC(=O)NCC(O)C(O)C(O)C(=O)O)C(=O)N[C@@H](CSC)C(=O)O. The van der Waals surface area contributed by atoms with Gasteiger partial charge in [-0.25, -0.2) is 9.59 Å². The lowest BCUT2D eigenvalue weighted by molar-refractivity contribution is -0.157. The second-order valence-electron chi connectivity index (χ2n) is 7.08. The Morgan fingerprint density at radius 3 is 2.03 bits per heavy atom. The molecule has 0 heterocycles. The van der Waals surface area contributed by atoms with Gasteiger partial charge >= 0.3 is 11.9 Å². The van der Waals surface area contributed by atoms with Gasteiger partial charge in [0.05, 0.1) is 12.0 Å². The predicted molar refractivity (Wildman–Crippen MR) is 113 cm³/mol. The number of hydrogen-bond acceptors (Lipinski definition) is 10. The molecule has 0 aromatic carbocycles. The van der Waals surface area contributed by atoms with E-state index >= 15 is 0 Å². The van der Waals surface area contributed by atoms with Crippen LogP contribution in [0, 0.1) is 5.92 Å². The van der Waals surface area contributed by atoms with Crippen LogP contribution in [0.4, 0.5) is 0 Å². The summed E-state index contributed by atoms with van der Waals surface area (Å²) in [6.07, 6.45) is -5.43. The van der Waals surface area contributed by atoms with Gasteiger partial charge in [0.15, 0.2) is 6.10 Å². The van der Waals surface area contributed by atoms with Crippen LogP contribution in [0.2, 0.25) is 0 Å². The highest BCUT2D eigenvalue weighted by molar-refractivity contribution is 7.98. The van der Waals surface area contributed by atoms with E-state index in [0.717, 1.165) is 0 Å². The molecule has 0 fully saturated rings. The molecule has 0 saturated carbocycles. The number of Topliss-reactive ketones (excluding diaryl/α,β-unsaturated/α-hetero) is 1. The molecule has 0 rings (SSSR count). The van der Waals surface area contributed by atoms with Crippen molar-refractivity contribution in [2.75, 3.05) is 25.6 Å². The lowest BCUT2D eigenvalue weighted by atomic mass is 9.94. The van der Waals surface area contributed by atoms with Gasteiger partial charge in [-0.1, -0.05) is 0 Å². The predicted octanol–water partition coefficient (Wildman–Crippen LogP) is -3.22. The van der Waals surface area contributed by atoms with Gasteiger partial charge in [-0.05, 0) is 20.2 Å². The number of hydrogen-bond donors (Lipinski definition) is 8. The maximum atomic E-state index is 12.6. The zero-order valence-electron chi connectivity index (χ0n) is 18.0. The molecular weight excluding hydrogens is 450 g/mol. The molecule has 0 saturated heterocycles. The fraction of sp³-hybridized carbons (Fsp3) is 0.722. The Balaban J connectivity index is 5.20. The highest BCUT2D eigenvalue weighted by atomic mass is 32.2. The van der Waals surface area contributed by atoms with Crippen molar-refractivity contribution >= 4 is 41.3 Å². The Bertz CT molecular complexity index is 677. The van der Waals surface area contributed by atoms with Gasteiger partial charge < -0.3 is 41.5 Å². The van der Waals surface area contributed by atoms with E-state index in [1.165, 1.54) is 18.8 Å². The molecule has 0 aliphatic heterocycles. The monoisotopic (exact) mass is 481 g/mol. The second-order valence-corrected chi connectivity index (χ2v) is 7.99. The van der Waals surface area contributed by atoms with Gasteiger partial charge in [-0.15, -0.1) is 0 Å². The number of carboxylic acids is 2. The van der Waals surface area contributed by atoms with Crippen LogP contribution in [0.15, 0.2) is 0 Å². The van der Waals surface area contributed by atoms with Crippen LogP contribution in [0.25, 0.3) is 0 Å². The molecular formula is C18H31N3O10S. The van der Waals surface area contributed by atoms with Crippen molar-refractivity contribution in [2.45, 2.75) is 50.2 Å². The summed E-state index contributed by atoms with van der Waals surface area (Å²) in [5, 5.41) is 53.5. The third kappa shape index (κ3) is 10.4. The lowest BCUT2D eigenvalue weighted by Gasteiger charge is -2.22. The van der Waals surface area contributed by atoms with Crippen LogP contribution in [-0.2, 0) is 24.0 Å². The van der Waals surface area contributed by atoms with Gasteiger partial charge in [-0.3, -0.25) is 14.4 Å². The number of likely N-dealkylation sites (N-methyl/N-ethyl adjacent to an activating group) is 1. The first kappa shape index (κ1) is 29.7. The molecule has 6 atom stereocenters. The molecule has 0 aliphatic rings. The second kappa shape index (κ2) is 14.7. The highest BCUT2D eigenvalue weighted by Crippen LogP contribution is 2.13. The first-order valence-electron chi connectivity index (χ1n) is 9.61. The molecule has 8 N–H and O–H groups in total. The third-order valence-corrected chi connectivity index (χ3v) is 5.26. The molecule has 0 bridgehead atoms. The Morgan fingerprint density at radius 2 is 1.56 bits per heavy atom. The molecule has 0 radical (unpaired) electrons. The van der Waals surface area contributed by atoms with E-state index < -0.39 is 78.8 Å². The number of carboxylic acid groups (broad SMARTS) is 2. The molecule has 0 aromatic heterocycles. The molecule has 32 heavy (non-hydrogen) atoms. The fourth-order valence-electron chi connectivity index (χ4n) is 2.46. The first-order chi connectivity index (χ1) is 14.8. The summed E-state index contributed by atoms with van der Waals surface area (Å²) in [7, 11) is 1.53. The van der Waals surface area contributed by atoms with Crippen molar-refractivity contribution in [3.8, 4) is 0 Å². The molecule has 0 aromatic rings. The van der Waals surface area contributed by atoms with Crippen LogP contribution in [-0.4, -0.2) is 111 Å². The van der Waals surface area contributed by atoms with Gasteiger partial charge in [0.1, 0.15) is 24.0 Å². The Morgan fingerprint density at radius 1 is 0.969 bits per heavy atom. The molecule has 0 spiro atoms. The largest absolute Gasteiger partial charge is 0.480 e. The van der Waals surface area contributed by atoms with Gasteiger partial charge in [0.25, 0.3) is 0 Å². The number of rotatable bonds is 16. The summed E-state index contributed by atoms with van der Waals surface area (Å²) < 4.78 is 0. The third-order valence-electron chi connectivity index (χ3n) is 4.59. The molecule has 184 valence electrons. The summed E-state index contributed by atoms with van der Waals surface area (Å²) in [6, 6.07) is -1.85. The molecule has 14 heteroatoms. The molecule has 13 nitrogen and oxygen atoms in total. The zero-order valence-corrected chi connectivity index (χ0v) is 18.8. The van der Waals surface area contributed by atoms with Gasteiger partial charge in [0, 0.05) is 25.1 Å².